The number of rotatable bonds is 32. The molecule has 0 aliphatic heterocycles. The Kier molecular flexibility index (Phi) is 21.8. The van der Waals surface area contributed by atoms with Gasteiger partial charge in [0.25, 0.3) is 0 Å². The molecule has 73 heavy (non-hydrogen) atoms. The predicted molar refractivity (Wildman–Crippen MR) is 312 cm³/mol. The molecule has 0 spiro atoms. The molecule has 0 aliphatic rings. The molecule has 0 saturated carbocycles. The summed E-state index contributed by atoms with van der Waals surface area (Å²) in [4.78, 5) is 5.21. The van der Waals surface area contributed by atoms with Gasteiger partial charge in [0.05, 0.1) is 21.3 Å². The second-order valence-corrected chi connectivity index (χ2v) is 24.6. The predicted octanol–water partition coefficient (Wildman–Crippen LogP) is 19.4. The van der Waals surface area contributed by atoms with E-state index in [-0.39, 0.29) is 21.3 Å². The molecule has 7 aromatic rings. The van der Waals surface area contributed by atoms with Gasteiger partial charge >= 0.3 is 0 Å². The number of anilines is 6. The molecule has 1 heterocycles. The van der Waals surface area contributed by atoms with E-state index in [1.54, 1.807) is 0 Å². The summed E-state index contributed by atoms with van der Waals surface area (Å²) in [6.45, 7) is 4.47. The van der Waals surface area contributed by atoms with Crippen molar-refractivity contribution in [1.82, 2.24) is 0 Å². The molecule has 0 N–H and O–H groups in total. The molecule has 386 valence electrons. The molecule has 0 atom stereocenters. The van der Waals surface area contributed by atoms with Crippen LogP contribution in [0.4, 0.5) is 34.1 Å². The third-order valence-electron chi connectivity index (χ3n) is 13.8. The molecule has 9 heteroatoms. The van der Waals surface area contributed by atoms with E-state index in [4.69, 9.17) is 0 Å². The Bertz CT molecular complexity index is 2610. The number of sulfone groups is 2. The monoisotopic (exact) mass is 1030 g/mol. The van der Waals surface area contributed by atoms with E-state index in [0.29, 0.717) is 33.7 Å². The molecule has 0 aliphatic carbocycles. The second kappa shape index (κ2) is 28.8. The zero-order chi connectivity index (χ0) is 51.1. The Morgan fingerprint density at radius 3 is 0.795 bits per heavy atom. The number of nitrogens with zero attached hydrogens (tertiary/aromatic N) is 2. The molecule has 6 nitrogen and oxygen atoms in total. The van der Waals surface area contributed by atoms with Crippen LogP contribution in [0.25, 0.3) is 20.9 Å². The van der Waals surface area contributed by atoms with Crippen LogP contribution in [-0.2, 0) is 19.7 Å². The molecule has 0 saturated heterocycles. The van der Waals surface area contributed by atoms with Crippen molar-refractivity contribution in [2.75, 3.05) is 21.3 Å². The van der Waals surface area contributed by atoms with Crippen LogP contribution in [0.15, 0.2) is 180 Å². The Balaban J connectivity index is 1.28. The Morgan fingerprint density at radius 2 is 0.534 bits per heavy atom. The van der Waals surface area contributed by atoms with E-state index < -0.39 is 19.7 Å². The number of unbranched alkanes of at least 4 members (excludes halogenated alkanes) is 18. The summed E-state index contributed by atoms with van der Waals surface area (Å²) in [6, 6.07) is 56.6. The maximum atomic E-state index is 15.2. The zero-order valence-electron chi connectivity index (χ0n) is 43.5. The van der Waals surface area contributed by atoms with Crippen molar-refractivity contribution >= 4 is 65.1 Å². The van der Waals surface area contributed by atoms with Crippen LogP contribution in [0.5, 0.6) is 0 Å². The molecule has 0 amide bonds. The van der Waals surface area contributed by atoms with Gasteiger partial charge in [-0.25, -0.2) is 16.8 Å². The van der Waals surface area contributed by atoms with Crippen molar-refractivity contribution in [2.45, 2.75) is 152 Å². The topological polar surface area (TPSA) is 74.8 Å². The SMILES string of the molecule is CCCCCCCCCCCCS(=O)(=O)c1c(-c2ccc(N(c3ccccc3)c3ccccc3)cc2)sc(-c2ccc(N(c3ccccc3)c3ccccc3)cc2)c1S(=O)(=O)CCCCCCCCCCCC. The number of hydrogen-bond acceptors (Lipinski definition) is 7. The molecular formula is C64H78N2O4S3. The van der Waals surface area contributed by atoms with Crippen LogP contribution in [0.1, 0.15) is 142 Å². The average Bonchev–Trinajstić information content (AvgIpc) is 3.85. The van der Waals surface area contributed by atoms with Gasteiger partial charge in [0.2, 0.25) is 0 Å². The standard InChI is InChI=1S/C64H78N2O4S3/c1-3-5-7-9-11-13-15-17-19-33-51-72(67,68)63-61(53-43-47-59(48-44-53)65(55-35-25-21-26-36-55)56-37-27-22-28-38-56)71-62(64(63)73(69,70)52-34-20-18-16-14-12-10-8-6-4-2)54-45-49-60(50-46-54)66(57-39-29-23-30-40-57)58-41-31-24-32-42-58/h21-32,35-50H,3-20,33-34,51-52H2,1-2H3. The van der Waals surface area contributed by atoms with E-state index in [9.17, 15) is 0 Å². The lowest BCUT2D eigenvalue weighted by molar-refractivity contribution is 0.555. The van der Waals surface area contributed by atoms with Gasteiger partial charge in [0, 0.05) is 34.1 Å². The largest absolute Gasteiger partial charge is 0.311 e. The number of hydrogen-bond donors (Lipinski definition) is 0. The summed E-state index contributed by atoms with van der Waals surface area (Å²) in [5.41, 5.74) is 7.10. The summed E-state index contributed by atoms with van der Waals surface area (Å²) < 4.78 is 61.0. The summed E-state index contributed by atoms with van der Waals surface area (Å²) in [7, 11) is -8.19. The Labute approximate surface area is 443 Å². The first-order valence-corrected chi connectivity index (χ1v) is 31.5. The van der Waals surface area contributed by atoms with Crippen LogP contribution >= 0.6 is 11.3 Å². The van der Waals surface area contributed by atoms with Crippen molar-refractivity contribution in [3.05, 3.63) is 170 Å². The van der Waals surface area contributed by atoms with Crippen molar-refractivity contribution in [3.63, 3.8) is 0 Å². The molecule has 0 radical (unpaired) electrons. The normalized spacial score (nSPS) is 11.8. The van der Waals surface area contributed by atoms with Crippen LogP contribution in [-0.4, -0.2) is 28.3 Å². The van der Waals surface area contributed by atoms with Gasteiger partial charge in [-0.2, -0.15) is 0 Å². The van der Waals surface area contributed by atoms with Gasteiger partial charge < -0.3 is 9.80 Å². The van der Waals surface area contributed by atoms with Crippen LogP contribution in [0, 0.1) is 0 Å². The van der Waals surface area contributed by atoms with Gasteiger partial charge in [-0.15, -0.1) is 11.3 Å². The highest BCUT2D eigenvalue weighted by molar-refractivity contribution is 7.95. The molecular weight excluding hydrogens is 957 g/mol. The number of benzene rings is 6. The number of thiophene rings is 1. The maximum absolute atomic E-state index is 15.2. The Morgan fingerprint density at radius 1 is 0.301 bits per heavy atom. The van der Waals surface area contributed by atoms with E-state index in [2.05, 4.69) is 72.2 Å². The third kappa shape index (κ3) is 15.8. The lowest BCUT2D eigenvalue weighted by Gasteiger charge is -2.25. The highest BCUT2D eigenvalue weighted by atomic mass is 32.2. The summed E-state index contributed by atoms with van der Waals surface area (Å²) in [6.07, 6.45) is 21.4. The fraction of sp³-hybridized carbons (Fsp3) is 0.375. The molecule has 0 bridgehead atoms. The maximum Gasteiger partial charge on any atom is 0.181 e. The first-order chi connectivity index (χ1) is 35.7. The molecule has 1 aromatic heterocycles. The van der Waals surface area contributed by atoms with Gasteiger partial charge in [0.1, 0.15) is 9.79 Å². The average molecular weight is 1040 g/mol. The van der Waals surface area contributed by atoms with Gasteiger partial charge in [-0.05, 0) is 96.8 Å². The highest BCUT2D eigenvalue weighted by Crippen LogP contribution is 2.49. The fourth-order valence-electron chi connectivity index (χ4n) is 9.84. The van der Waals surface area contributed by atoms with Crippen LogP contribution in [0.2, 0.25) is 0 Å². The lowest BCUT2D eigenvalue weighted by atomic mass is 10.1. The van der Waals surface area contributed by atoms with Crippen molar-refractivity contribution < 1.29 is 16.8 Å². The Hall–Kier alpha value is -5.48. The minimum atomic E-state index is -4.09. The van der Waals surface area contributed by atoms with Crippen molar-refractivity contribution in [1.29, 1.82) is 0 Å². The van der Waals surface area contributed by atoms with Crippen molar-refractivity contribution in [2.24, 2.45) is 0 Å². The minimum Gasteiger partial charge on any atom is -0.311 e. The van der Waals surface area contributed by atoms with Crippen LogP contribution in [0.3, 0.4) is 0 Å². The minimum absolute atomic E-state index is 0.0366. The first kappa shape index (κ1) is 55.3. The van der Waals surface area contributed by atoms with E-state index >= 15 is 16.8 Å². The van der Waals surface area contributed by atoms with Gasteiger partial charge in [-0.3, -0.25) is 0 Å². The molecule has 6 aromatic carbocycles. The lowest BCUT2D eigenvalue weighted by Crippen LogP contribution is -2.15. The summed E-state index contributed by atoms with van der Waals surface area (Å²) in [5.74, 6) is -0.216. The molecule has 7 rings (SSSR count). The first-order valence-electron chi connectivity index (χ1n) is 27.4. The van der Waals surface area contributed by atoms with E-state index in [0.717, 1.165) is 85.5 Å². The zero-order valence-corrected chi connectivity index (χ0v) is 45.9. The second-order valence-electron chi connectivity index (χ2n) is 19.5. The quantitative estimate of drug-likeness (QED) is 0.0391. The molecule has 0 unspecified atom stereocenters. The smallest absolute Gasteiger partial charge is 0.181 e. The summed E-state index contributed by atoms with van der Waals surface area (Å²) in [5, 5.41) is 0. The summed E-state index contributed by atoms with van der Waals surface area (Å²) >= 11 is 1.29. The highest BCUT2D eigenvalue weighted by Gasteiger charge is 2.36. The van der Waals surface area contributed by atoms with E-state index in [1.807, 2.05) is 121 Å². The van der Waals surface area contributed by atoms with Crippen molar-refractivity contribution in [3.8, 4) is 20.9 Å². The third-order valence-corrected chi connectivity index (χ3v) is 19.2. The van der Waals surface area contributed by atoms with E-state index in [1.165, 1.54) is 75.5 Å². The van der Waals surface area contributed by atoms with Crippen LogP contribution < -0.4 is 9.80 Å². The molecule has 0 fully saturated rings. The number of para-hydroxylation sites is 4. The van der Waals surface area contributed by atoms with Gasteiger partial charge in [0.15, 0.2) is 19.7 Å². The fourth-order valence-corrected chi connectivity index (χ4v) is 16.0. The van der Waals surface area contributed by atoms with Gasteiger partial charge in [-0.1, -0.05) is 226 Å².